The molecule has 0 aliphatic rings. The van der Waals surface area contributed by atoms with E-state index in [1.165, 1.54) is 38.1 Å². The SMILES string of the molecule is COC(=O)CN(C)C(=O)COC(=O)c1ccc(SC)c([N+](=O)[O-])c1. The van der Waals surface area contributed by atoms with Crippen molar-refractivity contribution in [3.63, 3.8) is 0 Å². The summed E-state index contributed by atoms with van der Waals surface area (Å²) in [6.07, 6.45) is 1.68. The fraction of sp³-hybridized carbons (Fsp3) is 0.357. The van der Waals surface area contributed by atoms with Crippen molar-refractivity contribution in [1.82, 2.24) is 4.90 Å². The Morgan fingerprint density at radius 1 is 1.33 bits per heavy atom. The Kier molecular flexibility index (Phi) is 7.18. The highest BCUT2D eigenvalue weighted by Gasteiger charge is 2.20. The maximum Gasteiger partial charge on any atom is 0.338 e. The number of methoxy groups -OCH3 is 1. The second-order valence-corrected chi connectivity index (χ2v) is 5.39. The number of nitro benzene ring substituents is 1. The number of carbonyl (C=O) groups excluding carboxylic acids is 3. The van der Waals surface area contributed by atoms with Gasteiger partial charge < -0.3 is 14.4 Å². The van der Waals surface area contributed by atoms with E-state index >= 15 is 0 Å². The molecule has 0 bridgehead atoms. The normalized spacial score (nSPS) is 9.96. The third kappa shape index (κ3) is 5.23. The Hall–Kier alpha value is -2.62. The molecule has 1 rings (SSSR count). The van der Waals surface area contributed by atoms with Gasteiger partial charge in [0, 0.05) is 13.1 Å². The summed E-state index contributed by atoms with van der Waals surface area (Å²) in [5.41, 5.74) is -0.256. The number of thioether (sulfide) groups is 1. The molecule has 1 aromatic rings. The monoisotopic (exact) mass is 356 g/mol. The fourth-order valence-corrected chi connectivity index (χ4v) is 2.17. The van der Waals surface area contributed by atoms with Gasteiger partial charge in [-0.25, -0.2) is 4.79 Å². The number of carbonyl (C=O) groups is 3. The van der Waals surface area contributed by atoms with E-state index in [0.29, 0.717) is 4.90 Å². The zero-order valence-electron chi connectivity index (χ0n) is 13.3. The molecule has 0 heterocycles. The highest BCUT2D eigenvalue weighted by molar-refractivity contribution is 7.98. The second-order valence-electron chi connectivity index (χ2n) is 4.55. The van der Waals surface area contributed by atoms with Crippen molar-refractivity contribution in [2.75, 3.05) is 33.6 Å². The number of esters is 2. The molecule has 0 spiro atoms. The van der Waals surface area contributed by atoms with Crippen molar-refractivity contribution < 1.29 is 28.8 Å². The number of hydrogen-bond donors (Lipinski definition) is 0. The van der Waals surface area contributed by atoms with Crippen LogP contribution in [-0.2, 0) is 19.1 Å². The van der Waals surface area contributed by atoms with Gasteiger partial charge in [0.25, 0.3) is 11.6 Å². The van der Waals surface area contributed by atoms with Crippen molar-refractivity contribution in [3.05, 3.63) is 33.9 Å². The summed E-state index contributed by atoms with van der Waals surface area (Å²) in [5, 5.41) is 11.0. The van der Waals surface area contributed by atoms with Crippen molar-refractivity contribution in [2.24, 2.45) is 0 Å². The molecule has 1 aromatic carbocycles. The van der Waals surface area contributed by atoms with Crippen LogP contribution >= 0.6 is 11.8 Å². The van der Waals surface area contributed by atoms with Crippen molar-refractivity contribution in [2.45, 2.75) is 4.90 Å². The van der Waals surface area contributed by atoms with Crippen molar-refractivity contribution in [1.29, 1.82) is 0 Å². The highest BCUT2D eigenvalue weighted by Crippen LogP contribution is 2.28. The number of benzene rings is 1. The lowest BCUT2D eigenvalue weighted by Crippen LogP contribution is -2.35. The largest absolute Gasteiger partial charge is 0.468 e. The van der Waals surface area contributed by atoms with Crippen LogP contribution in [0.4, 0.5) is 5.69 Å². The second kappa shape index (κ2) is 8.87. The lowest BCUT2D eigenvalue weighted by atomic mass is 10.2. The summed E-state index contributed by atoms with van der Waals surface area (Å²) in [6.45, 7) is -0.870. The number of nitro groups is 1. The van der Waals surface area contributed by atoms with Crippen LogP contribution in [0.2, 0.25) is 0 Å². The van der Waals surface area contributed by atoms with E-state index in [-0.39, 0.29) is 17.8 Å². The maximum absolute atomic E-state index is 11.9. The summed E-state index contributed by atoms with van der Waals surface area (Å²) < 4.78 is 9.24. The number of nitrogens with zero attached hydrogens (tertiary/aromatic N) is 2. The molecule has 0 unspecified atom stereocenters. The standard InChI is InChI=1S/C14H16N2O7S/c1-15(7-13(18)22-2)12(17)8-23-14(19)9-4-5-11(24-3)10(6-9)16(20)21/h4-6H,7-8H2,1-3H3. The molecule has 0 radical (unpaired) electrons. The van der Waals surface area contributed by atoms with Gasteiger partial charge in [-0.15, -0.1) is 11.8 Å². The van der Waals surface area contributed by atoms with E-state index in [9.17, 15) is 24.5 Å². The molecule has 24 heavy (non-hydrogen) atoms. The van der Waals surface area contributed by atoms with Gasteiger partial charge in [0.05, 0.1) is 22.5 Å². The van der Waals surface area contributed by atoms with Gasteiger partial charge in [-0.2, -0.15) is 0 Å². The summed E-state index contributed by atoms with van der Waals surface area (Å²) in [6, 6.07) is 3.91. The fourth-order valence-electron chi connectivity index (χ4n) is 1.63. The van der Waals surface area contributed by atoms with Crippen LogP contribution in [0.5, 0.6) is 0 Å². The Labute approximate surface area is 142 Å². The summed E-state index contributed by atoms with van der Waals surface area (Å²) in [5.74, 6) is -2.09. The summed E-state index contributed by atoms with van der Waals surface area (Å²) in [7, 11) is 2.54. The first-order chi connectivity index (χ1) is 11.3. The topological polar surface area (TPSA) is 116 Å². The molecule has 0 saturated carbocycles. The van der Waals surface area contributed by atoms with E-state index in [1.807, 2.05) is 0 Å². The molecule has 0 aliphatic heterocycles. The van der Waals surface area contributed by atoms with E-state index in [2.05, 4.69) is 4.74 Å². The Bertz CT molecular complexity index is 663. The molecule has 1 amide bonds. The van der Waals surface area contributed by atoms with Crippen LogP contribution in [0.25, 0.3) is 0 Å². The van der Waals surface area contributed by atoms with Crippen LogP contribution in [0.1, 0.15) is 10.4 Å². The van der Waals surface area contributed by atoms with Crippen LogP contribution in [0.15, 0.2) is 23.1 Å². The molecule has 9 nitrogen and oxygen atoms in total. The molecule has 0 atom stereocenters. The number of ether oxygens (including phenoxy) is 2. The van der Waals surface area contributed by atoms with Crippen LogP contribution < -0.4 is 0 Å². The molecule has 0 fully saturated rings. The van der Waals surface area contributed by atoms with Gasteiger partial charge in [-0.1, -0.05) is 0 Å². The predicted octanol–water partition coefficient (Wildman–Crippen LogP) is 1.10. The van der Waals surface area contributed by atoms with Crippen LogP contribution in [-0.4, -0.2) is 61.2 Å². The first kappa shape index (κ1) is 19.4. The van der Waals surface area contributed by atoms with E-state index in [1.54, 1.807) is 6.26 Å². The molecule has 0 aromatic heterocycles. The number of hydrogen-bond acceptors (Lipinski definition) is 8. The lowest BCUT2D eigenvalue weighted by Gasteiger charge is -2.15. The lowest BCUT2D eigenvalue weighted by molar-refractivity contribution is -0.387. The van der Waals surface area contributed by atoms with Gasteiger partial charge in [-0.3, -0.25) is 19.7 Å². The van der Waals surface area contributed by atoms with Gasteiger partial charge in [0.1, 0.15) is 6.54 Å². The molecule has 130 valence electrons. The Balaban J connectivity index is 2.72. The molecule has 10 heteroatoms. The number of likely N-dealkylation sites (N-methyl/N-ethyl adjacent to an activating group) is 1. The van der Waals surface area contributed by atoms with Crippen molar-refractivity contribution >= 4 is 35.3 Å². The van der Waals surface area contributed by atoms with Gasteiger partial charge in [0.2, 0.25) is 0 Å². The first-order valence-electron chi connectivity index (χ1n) is 6.60. The van der Waals surface area contributed by atoms with E-state index < -0.39 is 29.4 Å². The van der Waals surface area contributed by atoms with E-state index in [4.69, 9.17) is 4.74 Å². The average Bonchev–Trinajstić information content (AvgIpc) is 2.58. The van der Waals surface area contributed by atoms with Crippen molar-refractivity contribution in [3.8, 4) is 0 Å². The number of rotatable bonds is 7. The smallest absolute Gasteiger partial charge is 0.338 e. The van der Waals surface area contributed by atoms with Gasteiger partial charge in [-0.05, 0) is 18.4 Å². The minimum absolute atomic E-state index is 0.0390. The van der Waals surface area contributed by atoms with Gasteiger partial charge >= 0.3 is 11.9 Å². The molecule has 0 saturated heterocycles. The zero-order chi connectivity index (χ0) is 18.3. The first-order valence-corrected chi connectivity index (χ1v) is 7.83. The molecular formula is C14H16N2O7S. The molecule has 0 aliphatic carbocycles. The third-order valence-corrected chi connectivity index (χ3v) is 3.74. The summed E-state index contributed by atoms with van der Waals surface area (Å²) >= 11 is 1.18. The van der Waals surface area contributed by atoms with Gasteiger partial charge in [0.15, 0.2) is 6.61 Å². The molecular weight excluding hydrogens is 340 g/mol. The zero-order valence-corrected chi connectivity index (χ0v) is 14.1. The quantitative estimate of drug-likeness (QED) is 0.309. The summed E-state index contributed by atoms with van der Waals surface area (Å²) in [4.78, 5) is 46.5. The minimum Gasteiger partial charge on any atom is -0.468 e. The third-order valence-electron chi connectivity index (χ3n) is 2.96. The number of amides is 1. The predicted molar refractivity (Wildman–Crippen MR) is 84.8 cm³/mol. The van der Waals surface area contributed by atoms with Crippen LogP contribution in [0.3, 0.4) is 0 Å². The molecule has 0 N–H and O–H groups in total. The van der Waals surface area contributed by atoms with E-state index in [0.717, 1.165) is 11.0 Å². The Morgan fingerprint density at radius 3 is 2.54 bits per heavy atom. The van der Waals surface area contributed by atoms with Crippen LogP contribution in [0, 0.1) is 10.1 Å². The highest BCUT2D eigenvalue weighted by atomic mass is 32.2. The maximum atomic E-state index is 11.9. The minimum atomic E-state index is -0.870. The average molecular weight is 356 g/mol. The Morgan fingerprint density at radius 2 is 2.00 bits per heavy atom.